The van der Waals surface area contributed by atoms with Crippen molar-refractivity contribution >= 4 is 11.6 Å². The summed E-state index contributed by atoms with van der Waals surface area (Å²) in [4.78, 5) is 11.9. The van der Waals surface area contributed by atoms with Crippen molar-refractivity contribution in [3.05, 3.63) is 72.3 Å². The van der Waals surface area contributed by atoms with Gasteiger partial charge < -0.3 is 10.1 Å². The van der Waals surface area contributed by atoms with Gasteiger partial charge >= 0.3 is 0 Å². The molecule has 1 amide bonds. The van der Waals surface area contributed by atoms with Gasteiger partial charge in [0.1, 0.15) is 5.75 Å². The number of benzene rings is 2. The van der Waals surface area contributed by atoms with E-state index in [1.807, 2.05) is 61.5 Å². The van der Waals surface area contributed by atoms with E-state index in [-0.39, 0.29) is 12.5 Å². The molecule has 0 aliphatic rings. The third kappa shape index (κ3) is 4.49. The number of aryl methyl sites for hydroxylation is 1. The molecule has 0 saturated heterocycles. The van der Waals surface area contributed by atoms with Crippen molar-refractivity contribution in [2.45, 2.75) is 13.3 Å². The monoisotopic (exact) mass is 281 g/mol. The summed E-state index contributed by atoms with van der Waals surface area (Å²) in [5.74, 6) is 0.547. The standard InChI is InChI=1S/C18H19NO2/c1-3-7-15-9-4-5-11-17(15)21-13-18(20)19-16-10-6-8-14(2)12-16/h3-6,8-12H,1,7,13H2,2H3,(H,19,20). The molecule has 0 spiro atoms. The van der Waals surface area contributed by atoms with Gasteiger partial charge in [-0.25, -0.2) is 0 Å². The molecule has 0 aliphatic heterocycles. The lowest BCUT2D eigenvalue weighted by molar-refractivity contribution is -0.118. The average Bonchev–Trinajstić information content (AvgIpc) is 2.47. The van der Waals surface area contributed by atoms with Crippen LogP contribution in [0.5, 0.6) is 5.75 Å². The second kappa shape index (κ2) is 7.29. The van der Waals surface area contributed by atoms with Crippen molar-refractivity contribution in [3.8, 4) is 5.75 Å². The molecule has 0 radical (unpaired) electrons. The topological polar surface area (TPSA) is 38.3 Å². The molecular weight excluding hydrogens is 262 g/mol. The number of anilines is 1. The van der Waals surface area contributed by atoms with Gasteiger partial charge in [-0.05, 0) is 42.7 Å². The summed E-state index contributed by atoms with van der Waals surface area (Å²) in [5, 5.41) is 2.82. The van der Waals surface area contributed by atoms with Crippen LogP contribution in [0.1, 0.15) is 11.1 Å². The zero-order chi connectivity index (χ0) is 15.1. The van der Waals surface area contributed by atoms with Gasteiger partial charge in [-0.1, -0.05) is 36.4 Å². The first kappa shape index (κ1) is 14.9. The number of amides is 1. The first-order chi connectivity index (χ1) is 10.2. The molecule has 0 atom stereocenters. The normalized spacial score (nSPS) is 9.95. The van der Waals surface area contributed by atoms with E-state index in [1.165, 1.54) is 0 Å². The van der Waals surface area contributed by atoms with Crippen molar-refractivity contribution in [2.75, 3.05) is 11.9 Å². The first-order valence-corrected chi connectivity index (χ1v) is 6.87. The molecule has 2 aromatic rings. The Morgan fingerprint density at radius 1 is 1.24 bits per heavy atom. The Kier molecular flexibility index (Phi) is 5.16. The molecule has 0 fully saturated rings. The van der Waals surface area contributed by atoms with E-state index in [2.05, 4.69) is 11.9 Å². The molecule has 0 aliphatic carbocycles. The number of ether oxygens (including phenoxy) is 1. The van der Waals surface area contributed by atoms with E-state index in [4.69, 9.17) is 4.74 Å². The summed E-state index contributed by atoms with van der Waals surface area (Å²) in [6.07, 6.45) is 2.53. The molecule has 2 aromatic carbocycles. The van der Waals surface area contributed by atoms with Crippen LogP contribution < -0.4 is 10.1 Å². The van der Waals surface area contributed by atoms with Gasteiger partial charge in [0, 0.05) is 5.69 Å². The molecule has 0 bridgehead atoms. The molecule has 108 valence electrons. The van der Waals surface area contributed by atoms with E-state index in [9.17, 15) is 4.79 Å². The number of nitrogens with one attached hydrogen (secondary N) is 1. The summed E-state index contributed by atoms with van der Waals surface area (Å²) >= 11 is 0. The van der Waals surface area contributed by atoms with Gasteiger partial charge in [0.25, 0.3) is 5.91 Å². The highest BCUT2D eigenvalue weighted by Gasteiger charge is 2.06. The Morgan fingerprint density at radius 3 is 2.81 bits per heavy atom. The highest BCUT2D eigenvalue weighted by molar-refractivity contribution is 5.91. The lowest BCUT2D eigenvalue weighted by Crippen LogP contribution is -2.20. The number of hydrogen-bond acceptors (Lipinski definition) is 2. The van der Waals surface area contributed by atoms with Crippen LogP contribution >= 0.6 is 0 Å². The fraction of sp³-hybridized carbons (Fsp3) is 0.167. The maximum atomic E-state index is 11.9. The molecule has 3 heteroatoms. The van der Waals surface area contributed by atoms with Crippen LogP contribution in [0.2, 0.25) is 0 Å². The van der Waals surface area contributed by atoms with Gasteiger partial charge in [-0.15, -0.1) is 6.58 Å². The lowest BCUT2D eigenvalue weighted by Gasteiger charge is -2.11. The molecule has 0 aromatic heterocycles. The number of allylic oxidation sites excluding steroid dienone is 1. The second-order valence-corrected chi connectivity index (χ2v) is 4.81. The fourth-order valence-corrected chi connectivity index (χ4v) is 2.03. The van der Waals surface area contributed by atoms with Gasteiger partial charge in [0.2, 0.25) is 0 Å². The minimum atomic E-state index is -0.172. The van der Waals surface area contributed by atoms with Crippen LogP contribution in [0.25, 0.3) is 0 Å². The van der Waals surface area contributed by atoms with Crippen molar-refractivity contribution in [1.29, 1.82) is 0 Å². The lowest BCUT2D eigenvalue weighted by atomic mass is 10.1. The fourth-order valence-electron chi connectivity index (χ4n) is 2.03. The van der Waals surface area contributed by atoms with Crippen LogP contribution in [0, 0.1) is 6.92 Å². The summed E-state index contributed by atoms with van der Waals surface area (Å²) in [7, 11) is 0. The van der Waals surface area contributed by atoms with Crippen molar-refractivity contribution < 1.29 is 9.53 Å². The Hall–Kier alpha value is -2.55. The summed E-state index contributed by atoms with van der Waals surface area (Å²) in [6.45, 7) is 5.69. The van der Waals surface area contributed by atoms with Crippen LogP contribution in [0.15, 0.2) is 61.2 Å². The van der Waals surface area contributed by atoms with Crippen LogP contribution in [0.3, 0.4) is 0 Å². The molecular formula is C18H19NO2. The Morgan fingerprint density at radius 2 is 2.05 bits per heavy atom. The highest BCUT2D eigenvalue weighted by atomic mass is 16.5. The molecule has 3 nitrogen and oxygen atoms in total. The molecule has 1 N–H and O–H groups in total. The van der Waals surface area contributed by atoms with Gasteiger partial charge in [-0.2, -0.15) is 0 Å². The molecule has 0 saturated carbocycles. The predicted molar refractivity (Wildman–Crippen MR) is 85.6 cm³/mol. The largest absolute Gasteiger partial charge is 0.483 e. The third-order valence-electron chi connectivity index (χ3n) is 3.00. The van der Waals surface area contributed by atoms with E-state index in [1.54, 1.807) is 0 Å². The zero-order valence-electron chi connectivity index (χ0n) is 12.1. The zero-order valence-corrected chi connectivity index (χ0v) is 12.1. The number of carbonyl (C=O) groups excluding carboxylic acids is 1. The average molecular weight is 281 g/mol. The van der Waals surface area contributed by atoms with Crippen LogP contribution in [-0.2, 0) is 11.2 Å². The summed E-state index contributed by atoms with van der Waals surface area (Å²) in [5.41, 5.74) is 2.91. The molecule has 2 rings (SSSR count). The van der Waals surface area contributed by atoms with E-state index in [0.29, 0.717) is 0 Å². The summed E-state index contributed by atoms with van der Waals surface area (Å²) in [6, 6.07) is 15.3. The van der Waals surface area contributed by atoms with Crippen LogP contribution in [-0.4, -0.2) is 12.5 Å². The molecule has 21 heavy (non-hydrogen) atoms. The Labute approximate surface area is 125 Å². The quantitative estimate of drug-likeness (QED) is 0.819. The summed E-state index contributed by atoms with van der Waals surface area (Å²) < 4.78 is 5.59. The van der Waals surface area contributed by atoms with Crippen molar-refractivity contribution in [2.24, 2.45) is 0 Å². The number of rotatable bonds is 6. The van der Waals surface area contributed by atoms with Gasteiger partial charge in [0.15, 0.2) is 6.61 Å². The highest BCUT2D eigenvalue weighted by Crippen LogP contribution is 2.18. The van der Waals surface area contributed by atoms with E-state index >= 15 is 0 Å². The predicted octanol–water partition coefficient (Wildman–Crippen LogP) is 3.74. The number of carbonyl (C=O) groups is 1. The van der Waals surface area contributed by atoms with Crippen molar-refractivity contribution in [3.63, 3.8) is 0 Å². The van der Waals surface area contributed by atoms with Crippen molar-refractivity contribution in [1.82, 2.24) is 0 Å². The van der Waals surface area contributed by atoms with Gasteiger partial charge in [-0.3, -0.25) is 4.79 Å². The maximum absolute atomic E-state index is 11.9. The van der Waals surface area contributed by atoms with E-state index in [0.717, 1.165) is 29.0 Å². The second-order valence-electron chi connectivity index (χ2n) is 4.81. The molecule has 0 heterocycles. The Bertz CT molecular complexity index is 635. The minimum Gasteiger partial charge on any atom is -0.483 e. The SMILES string of the molecule is C=CCc1ccccc1OCC(=O)Nc1cccc(C)c1. The van der Waals surface area contributed by atoms with Gasteiger partial charge in [0.05, 0.1) is 0 Å². The maximum Gasteiger partial charge on any atom is 0.262 e. The molecule has 0 unspecified atom stereocenters. The van der Waals surface area contributed by atoms with Crippen LogP contribution in [0.4, 0.5) is 5.69 Å². The number of para-hydroxylation sites is 1. The minimum absolute atomic E-state index is 0.0118. The third-order valence-corrected chi connectivity index (χ3v) is 3.00. The Balaban J connectivity index is 1.94. The first-order valence-electron chi connectivity index (χ1n) is 6.87. The number of hydrogen-bond donors (Lipinski definition) is 1. The van der Waals surface area contributed by atoms with E-state index < -0.39 is 0 Å². The smallest absolute Gasteiger partial charge is 0.262 e.